The Bertz CT molecular complexity index is 1390. The van der Waals surface area contributed by atoms with Crippen molar-refractivity contribution in [2.45, 2.75) is 26.4 Å². The molecule has 4 aromatic rings. The van der Waals surface area contributed by atoms with Crippen LogP contribution in [0.5, 0.6) is 0 Å². The number of hydrogen-bond donors (Lipinski definition) is 1. The van der Waals surface area contributed by atoms with Gasteiger partial charge in [-0.05, 0) is 56.5 Å². The molecule has 7 heteroatoms. The molecule has 31 heavy (non-hydrogen) atoms. The lowest BCUT2D eigenvalue weighted by molar-refractivity contribution is 0.0544. The van der Waals surface area contributed by atoms with E-state index in [2.05, 4.69) is 4.98 Å². The molecule has 2 aromatic carbocycles. The van der Waals surface area contributed by atoms with Crippen LogP contribution in [0.2, 0.25) is 0 Å². The Morgan fingerprint density at radius 1 is 0.968 bits per heavy atom. The predicted octanol–water partition coefficient (Wildman–Crippen LogP) is 4.72. The zero-order valence-corrected chi connectivity index (χ0v) is 17.7. The number of H-pyrrole nitrogens is 1. The summed E-state index contributed by atoms with van der Waals surface area (Å²) in [5.74, 6) is -0.524. The Kier molecular flexibility index (Phi) is 4.89. The second-order valence-electron chi connectivity index (χ2n) is 8.21. The maximum absolute atomic E-state index is 13.2. The molecule has 0 atom stereocenters. The molecule has 0 saturated heterocycles. The summed E-state index contributed by atoms with van der Waals surface area (Å²) in [5.41, 5.74) is 1.04. The summed E-state index contributed by atoms with van der Waals surface area (Å²) < 4.78 is 11.7. The number of aromatic amines is 1. The smallest absolute Gasteiger partial charge is 0.419 e. The van der Waals surface area contributed by atoms with Gasteiger partial charge in [-0.25, -0.2) is 14.2 Å². The Morgan fingerprint density at radius 3 is 2.42 bits per heavy atom. The summed E-state index contributed by atoms with van der Waals surface area (Å²) in [7, 11) is 1.29. The minimum Gasteiger partial charge on any atom is -0.465 e. The van der Waals surface area contributed by atoms with Crippen LogP contribution in [0, 0.1) is 0 Å². The molecule has 2 aromatic heterocycles. The van der Waals surface area contributed by atoms with Crippen LogP contribution in [0.25, 0.3) is 33.1 Å². The number of hydrogen-bond acceptors (Lipinski definition) is 5. The molecule has 7 nitrogen and oxygen atoms in total. The molecule has 0 unspecified atom stereocenters. The van der Waals surface area contributed by atoms with E-state index in [9.17, 15) is 14.4 Å². The maximum Gasteiger partial charge on any atom is 0.419 e. The number of para-hydroxylation sites is 1. The Morgan fingerprint density at radius 2 is 1.71 bits per heavy atom. The number of aromatic nitrogens is 2. The van der Waals surface area contributed by atoms with Gasteiger partial charge in [0.25, 0.3) is 5.56 Å². The van der Waals surface area contributed by atoms with E-state index >= 15 is 0 Å². The quantitative estimate of drug-likeness (QED) is 0.476. The van der Waals surface area contributed by atoms with E-state index in [-0.39, 0.29) is 11.1 Å². The van der Waals surface area contributed by atoms with Crippen molar-refractivity contribution < 1.29 is 19.1 Å². The number of nitrogens with one attached hydrogen (secondary N) is 1. The number of ether oxygens (including phenoxy) is 2. The van der Waals surface area contributed by atoms with E-state index in [0.29, 0.717) is 27.7 Å². The molecule has 0 aliphatic rings. The van der Waals surface area contributed by atoms with E-state index in [1.54, 1.807) is 51.1 Å². The Balaban J connectivity index is 2.01. The summed E-state index contributed by atoms with van der Waals surface area (Å²) in [6.07, 6.45) is -0.646. The molecule has 158 valence electrons. The van der Waals surface area contributed by atoms with Gasteiger partial charge in [-0.3, -0.25) is 4.79 Å². The zero-order chi connectivity index (χ0) is 22.3. The van der Waals surface area contributed by atoms with Crippen molar-refractivity contribution in [1.29, 1.82) is 0 Å². The molecule has 4 rings (SSSR count). The van der Waals surface area contributed by atoms with Crippen molar-refractivity contribution in [2.75, 3.05) is 7.11 Å². The van der Waals surface area contributed by atoms with Crippen LogP contribution in [0.15, 0.2) is 59.4 Å². The molecule has 0 aliphatic heterocycles. The van der Waals surface area contributed by atoms with Crippen molar-refractivity contribution in [1.82, 2.24) is 9.55 Å². The van der Waals surface area contributed by atoms with Crippen LogP contribution in [0.3, 0.4) is 0 Å². The first-order chi connectivity index (χ1) is 14.7. The first kappa shape index (κ1) is 20.4. The lowest BCUT2D eigenvalue weighted by Gasteiger charge is -2.21. The average Bonchev–Trinajstić information content (AvgIpc) is 3.09. The lowest BCUT2D eigenvalue weighted by Crippen LogP contribution is -2.28. The van der Waals surface area contributed by atoms with Gasteiger partial charge in [0.15, 0.2) is 0 Å². The minimum atomic E-state index is -0.749. The molecular formula is C24H22N2O5. The number of pyridine rings is 1. The highest BCUT2D eigenvalue weighted by atomic mass is 16.6. The molecule has 0 radical (unpaired) electrons. The van der Waals surface area contributed by atoms with Gasteiger partial charge < -0.3 is 14.5 Å². The first-order valence-corrected chi connectivity index (χ1v) is 9.77. The third-order valence-electron chi connectivity index (χ3n) is 4.83. The topological polar surface area (TPSA) is 90.4 Å². The van der Waals surface area contributed by atoms with Crippen molar-refractivity contribution in [3.8, 4) is 11.3 Å². The van der Waals surface area contributed by atoms with Crippen LogP contribution in [0.1, 0.15) is 31.1 Å². The molecule has 0 bridgehead atoms. The van der Waals surface area contributed by atoms with Gasteiger partial charge in [-0.1, -0.05) is 24.3 Å². The summed E-state index contributed by atoms with van der Waals surface area (Å²) in [6, 6.07) is 15.8. The monoisotopic (exact) mass is 418 g/mol. The summed E-state index contributed by atoms with van der Waals surface area (Å²) in [6.45, 7) is 5.29. The number of carbonyl (C=O) groups excluding carboxylic acids is 2. The molecule has 1 N–H and O–H groups in total. The van der Waals surface area contributed by atoms with E-state index in [0.717, 1.165) is 5.39 Å². The van der Waals surface area contributed by atoms with E-state index in [1.165, 1.54) is 11.7 Å². The van der Waals surface area contributed by atoms with Gasteiger partial charge in [-0.15, -0.1) is 0 Å². The number of carbonyl (C=O) groups is 2. The van der Waals surface area contributed by atoms with Crippen LogP contribution < -0.4 is 5.56 Å². The first-order valence-electron chi connectivity index (χ1n) is 9.77. The van der Waals surface area contributed by atoms with Gasteiger partial charge >= 0.3 is 12.1 Å². The fraction of sp³-hybridized carbons (Fsp3) is 0.208. The number of benzene rings is 2. The third-order valence-corrected chi connectivity index (χ3v) is 4.83. The number of fused-ring (bicyclic) bond motifs is 2. The standard InChI is InChI=1S/C24H22N2O5/c1-24(2,3)31-23(29)26-19-13-16(22(28)30-4)10-9-15(19)12-20(26)17-11-14-7-5-6-8-18(14)25-21(17)27/h5-13H,1-4H3,(H,25,27). The van der Waals surface area contributed by atoms with Crippen molar-refractivity contribution >= 4 is 33.9 Å². The lowest BCUT2D eigenvalue weighted by atomic mass is 10.1. The highest BCUT2D eigenvalue weighted by Gasteiger charge is 2.25. The molecule has 0 fully saturated rings. The van der Waals surface area contributed by atoms with E-state index in [4.69, 9.17) is 9.47 Å². The number of nitrogens with zero attached hydrogens (tertiary/aromatic N) is 1. The fourth-order valence-corrected chi connectivity index (χ4v) is 3.49. The number of esters is 1. The van der Waals surface area contributed by atoms with Gasteiger partial charge in [0.2, 0.25) is 0 Å². The van der Waals surface area contributed by atoms with Gasteiger partial charge in [0, 0.05) is 10.9 Å². The largest absolute Gasteiger partial charge is 0.465 e. The van der Waals surface area contributed by atoms with Crippen LogP contribution in [-0.4, -0.2) is 34.3 Å². The van der Waals surface area contributed by atoms with Crippen LogP contribution in [-0.2, 0) is 9.47 Å². The number of rotatable bonds is 2. The highest BCUT2D eigenvalue weighted by molar-refractivity contribution is 6.01. The Hall–Kier alpha value is -3.87. The zero-order valence-electron chi connectivity index (χ0n) is 17.7. The second kappa shape index (κ2) is 7.43. The van der Waals surface area contributed by atoms with Gasteiger partial charge in [0.1, 0.15) is 5.60 Å². The maximum atomic E-state index is 13.2. The van der Waals surface area contributed by atoms with Crippen molar-refractivity contribution in [2.24, 2.45) is 0 Å². The van der Waals surface area contributed by atoms with Crippen LogP contribution >= 0.6 is 0 Å². The Labute approximate surface area is 178 Å². The molecule has 2 heterocycles. The molecule has 0 amide bonds. The summed E-state index contributed by atoms with van der Waals surface area (Å²) in [4.78, 5) is 41.0. The summed E-state index contributed by atoms with van der Waals surface area (Å²) in [5, 5.41) is 1.51. The minimum absolute atomic E-state index is 0.289. The highest BCUT2D eigenvalue weighted by Crippen LogP contribution is 2.30. The van der Waals surface area contributed by atoms with Gasteiger partial charge in [-0.2, -0.15) is 0 Å². The second-order valence-corrected chi connectivity index (χ2v) is 8.21. The van der Waals surface area contributed by atoms with E-state index in [1.807, 2.05) is 24.3 Å². The average molecular weight is 418 g/mol. The normalized spacial score (nSPS) is 11.6. The number of methoxy groups -OCH3 is 1. The van der Waals surface area contributed by atoms with Crippen molar-refractivity contribution in [3.05, 3.63) is 70.5 Å². The van der Waals surface area contributed by atoms with Crippen LogP contribution in [0.4, 0.5) is 4.79 Å². The fourth-order valence-electron chi connectivity index (χ4n) is 3.49. The third kappa shape index (κ3) is 3.82. The van der Waals surface area contributed by atoms with Crippen molar-refractivity contribution in [3.63, 3.8) is 0 Å². The van der Waals surface area contributed by atoms with Gasteiger partial charge in [0.05, 0.1) is 29.4 Å². The molecular weight excluding hydrogens is 396 g/mol. The molecule has 0 spiro atoms. The SMILES string of the molecule is COC(=O)c1ccc2cc(-c3cc4ccccc4[nH]c3=O)n(C(=O)OC(C)(C)C)c2c1. The van der Waals surface area contributed by atoms with E-state index < -0.39 is 17.7 Å². The predicted molar refractivity (Wildman–Crippen MR) is 118 cm³/mol. The molecule has 0 aliphatic carbocycles. The summed E-state index contributed by atoms with van der Waals surface area (Å²) >= 11 is 0. The molecule has 0 saturated carbocycles.